The molecule has 0 fully saturated rings. The van der Waals surface area contributed by atoms with Crippen molar-refractivity contribution in [3.8, 4) is 5.75 Å². The monoisotopic (exact) mass is 199 g/mol. The lowest BCUT2D eigenvalue weighted by Gasteiger charge is -2.09. The van der Waals surface area contributed by atoms with E-state index in [9.17, 15) is 4.39 Å². The number of hydrogen-bond donors (Lipinski definition) is 1. The molecule has 1 aromatic rings. The van der Waals surface area contributed by atoms with Crippen molar-refractivity contribution < 1.29 is 14.0 Å². The van der Waals surface area contributed by atoms with Crippen LogP contribution in [0.4, 0.5) is 4.39 Å². The molecule has 0 amide bonds. The molecule has 0 heterocycles. The van der Waals surface area contributed by atoms with E-state index in [1.54, 1.807) is 6.07 Å². The molecule has 0 atom stereocenters. The summed E-state index contributed by atoms with van der Waals surface area (Å²) in [6, 6.07) is 3.11. The van der Waals surface area contributed by atoms with Gasteiger partial charge in [0.15, 0.2) is 0 Å². The molecule has 0 aliphatic rings. The van der Waals surface area contributed by atoms with Gasteiger partial charge in [0.05, 0.1) is 14.2 Å². The minimum Gasteiger partial charge on any atom is -0.496 e. The third kappa shape index (κ3) is 2.43. The third-order valence-corrected chi connectivity index (χ3v) is 1.97. The highest BCUT2D eigenvalue weighted by Gasteiger charge is 2.06. The van der Waals surface area contributed by atoms with Crippen molar-refractivity contribution in [2.24, 2.45) is 0 Å². The number of rotatable bonds is 4. The van der Waals surface area contributed by atoms with E-state index >= 15 is 0 Å². The van der Waals surface area contributed by atoms with Crippen molar-refractivity contribution in [3.05, 3.63) is 29.1 Å². The van der Waals surface area contributed by atoms with Crippen molar-refractivity contribution >= 4 is 0 Å². The lowest BCUT2D eigenvalue weighted by atomic mass is 10.1. The zero-order valence-electron chi connectivity index (χ0n) is 8.56. The molecule has 0 aliphatic carbocycles. The summed E-state index contributed by atoms with van der Waals surface area (Å²) in [5.41, 5.74) is 4.05. The van der Waals surface area contributed by atoms with Crippen LogP contribution in [0.3, 0.4) is 0 Å². The zero-order chi connectivity index (χ0) is 10.6. The highest BCUT2D eigenvalue weighted by Crippen LogP contribution is 2.21. The van der Waals surface area contributed by atoms with Crippen LogP contribution in [-0.2, 0) is 11.4 Å². The van der Waals surface area contributed by atoms with E-state index in [1.807, 2.05) is 6.92 Å². The van der Waals surface area contributed by atoms with Crippen LogP contribution >= 0.6 is 0 Å². The fraction of sp³-hybridized carbons (Fsp3) is 0.400. The quantitative estimate of drug-likeness (QED) is 0.750. The van der Waals surface area contributed by atoms with E-state index in [4.69, 9.17) is 4.74 Å². The molecule has 4 heteroatoms. The molecule has 0 radical (unpaired) electrons. The summed E-state index contributed by atoms with van der Waals surface area (Å²) < 4.78 is 18.4. The average Bonchev–Trinajstić information content (AvgIpc) is 2.18. The summed E-state index contributed by atoms with van der Waals surface area (Å²) in [6.45, 7) is 2.21. The van der Waals surface area contributed by atoms with Gasteiger partial charge in [0.25, 0.3) is 0 Å². The predicted octanol–water partition coefficient (Wildman–Crippen LogP) is 1.79. The fourth-order valence-electron chi connectivity index (χ4n) is 1.23. The molecule has 0 spiro atoms. The van der Waals surface area contributed by atoms with Crippen LogP contribution in [0.15, 0.2) is 12.1 Å². The van der Waals surface area contributed by atoms with E-state index in [-0.39, 0.29) is 5.82 Å². The number of halogens is 1. The van der Waals surface area contributed by atoms with Crippen molar-refractivity contribution in [1.29, 1.82) is 0 Å². The topological polar surface area (TPSA) is 30.5 Å². The first kappa shape index (κ1) is 10.9. The first-order valence-corrected chi connectivity index (χ1v) is 4.28. The van der Waals surface area contributed by atoms with Gasteiger partial charge in [-0.15, -0.1) is 0 Å². The predicted molar refractivity (Wildman–Crippen MR) is 51.5 cm³/mol. The van der Waals surface area contributed by atoms with E-state index in [0.29, 0.717) is 17.9 Å². The summed E-state index contributed by atoms with van der Waals surface area (Å²) in [5, 5.41) is 0. The van der Waals surface area contributed by atoms with Gasteiger partial charge in [0, 0.05) is 18.2 Å². The Bertz CT molecular complexity index is 315. The summed E-state index contributed by atoms with van der Waals surface area (Å²) in [7, 11) is 3.02. The maximum atomic E-state index is 13.4. The van der Waals surface area contributed by atoms with Crippen LogP contribution in [0.2, 0.25) is 0 Å². The van der Waals surface area contributed by atoms with Crippen LogP contribution in [0.5, 0.6) is 5.75 Å². The average molecular weight is 199 g/mol. The first-order valence-electron chi connectivity index (χ1n) is 4.28. The smallest absolute Gasteiger partial charge is 0.131 e. The molecule has 0 bridgehead atoms. The molecule has 0 unspecified atom stereocenters. The van der Waals surface area contributed by atoms with Gasteiger partial charge in [-0.3, -0.25) is 0 Å². The number of methoxy groups -OCH3 is 1. The van der Waals surface area contributed by atoms with E-state index in [2.05, 4.69) is 10.3 Å². The number of hydrogen-bond acceptors (Lipinski definition) is 3. The molecule has 1 N–H and O–H groups in total. The second-order valence-electron chi connectivity index (χ2n) is 2.94. The molecule has 1 rings (SSSR count). The Kier molecular flexibility index (Phi) is 3.85. The normalized spacial score (nSPS) is 10.3. The van der Waals surface area contributed by atoms with E-state index in [1.165, 1.54) is 20.3 Å². The highest BCUT2D eigenvalue weighted by molar-refractivity contribution is 5.37. The van der Waals surface area contributed by atoms with Gasteiger partial charge in [-0.05, 0) is 18.6 Å². The molecule has 0 aromatic heterocycles. The fourth-order valence-corrected chi connectivity index (χ4v) is 1.23. The minimum absolute atomic E-state index is 0.294. The van der Waals surface area contributed by atoms with Gasteiger partial charge < -0.3 is 9.57 Å². The van der Waals surface area contributed by atoms with Crippen LogP contribution in [-0.4, -0.2) is 14.2 Å². The maximum absolute atomic E-state index is 13.4. The second-order valence-corrected chi connectivity index (χ2v) is 2.94. The molecule has 3 nitrogen and oxygen atoms in total. The van der Waals surface area contributed by atoms with Crippen LogP contribution in [0.25, 0.3) is 0 Å². The first-order chi connectivity index (χ1) is 6.69. The highest BCUT2D eigenvalue weighted by atomic mass is 19.1. The van der Waals surface area contributed by atoms with Gasteiger partial charge in [-0.1, -0.05) is 0 Å². The van der Waals surface area contributed by atoms with Crippen molar-refractivity contribution in [3.63, 3.8) is 0 Å². The molecule has 0 saturated carbocycles. The van der Waals surface area contributed by atoms with Crippen molar-refractivity contribution in [1.82, 2.24) is 5.48 Å². The number of benzene rings is 1. The van der Waals surface area contributed by atoms with Gasteiger partial charge in [-0.2, -0.15) is 5.48 Å². The molecule has 14 heavy (non-hydrogen) atoms. The van der Waals surface area contributed by atoms with Gasteiger partial charge in [0.2, 0.25) is 0 Å². The Hall–Kier alpha value is -1.13. The van der Waals surface area contributed by atoms with Gasteiger partial charge in [-0.25, -0.2) is 4.39 Å². The number of aryl methyl sites for hydroxylation is 1. The summed E-state index contributed by atoms with van der Waals surface area (Å²) in [6.07, 6.45) is 0. The van der Waals surface area contributed by atoms with Crippen LogP contribution in [0, 0.1) is 12.7 Å². The lowest BCUT2D eigenvalue weighted by molar-refractivity contribution is 0.0859. The summed E-state index contributed by atoms with van der Waals surface area (Å²) in [5.74, 6) is 0.265. The minimum atomic E-state index is -0.294. The van der Waals surface area contributed by atoms with Crippen molar-refractivity contribution in [2.75, 3.05) is 14.2 Å². The lowest BCUT2D eigenvalue weighted by Crippen LogP contribution is -2.12. The molecular formula is C10H14FNO2. The number of hydroxylamine groups is 1. The Labute approximate surface area is 82.8 Å². The molecular weight excluding hydrogens is 185 g/mol. The standard InChI is InChI=1S/C10H14FNO2/c1-7-4-8(6-12-14-3)9(11)5-10(7)13-2/h4-5,12H,6H2,1-3H3. The molecule has 0 saturated heterocycles. The summed E-state index contributed by atoms with van der Waals surface area (Å²) in [4.78, 5) is 4.65. The Morgan fingerprint density at radius 1 is 1.36 bits per heavy atom. The van der Waals surface area contributed by atoms with Crippen LogP contribution in [0.1, 0.15) is 11.1 Å². The van der Waals surface area contributed by atoms with Gasteiger partial charge in [0.1, 0.15) is 11.6 Å². The zero-order valence-corrected chi connectivity index (χ0v) is 8.56. The van der Waals surface area contributed by atoms with E-state index in [0.717, 1.165) is 5.56 Å². The second kappa shape index (κ2) is 4.93. The van der Waals surface area contributed by atoms with Gasteiger partial charge >= 0.3 is 0 Å². The van der Waals surface area contributed by atoms with Crippen LogP contribution < -0.4 is 10.2 Å². The molecule has 1 aromatic carbocycles. The molecule has 78 valence electrons. The Morgan fingerprint density at radius 2 is 2.07 bits per heavy atom. The van der Waals surface area contributed by atoms with Crippen molar-refractivity contribution in [2.45, 2.75) is 13.5 Å². The summed E-state index contributed by atoms with van der Waals surface area (Å²) >= 11 is 0. The third-order valence-electron chi connectivity index (χ3n) is 1.97. The van der Waals surface area contributed by atoms with E-state index < -0.39 is 0 Å². The largest absolute Gasteiger partial charge is 0.496 e. The number of ether oxygens (including phenoxy) is 1. The Morgan fingerprint density at radius 3 is 2.64 bits per heavy atom. The maximum Gasteiger partial charge on any atom is 0.131 e. The Balaban J connectivity index is 2.90. The molecule has 0 aliphatic heterocycles. The number of nitrogens with one attached hydrogen (secondary N) is 1. The SMILES string of the molecule is CONCc1cc(C)c(OC)cc1F.